The SMILES string of the molecule is Cc1cc(-c2cccnc2N(C)C)nc(N2CCCCC2)n1. The zero-order valence-corrected chi connectivity index (χ0v) is 13.6. The first-order chi connectivity index (χ1) is 10.6. The van der Waals surface area contributed by atoms with E-state index in [1.54, 1.807) is 0 Å². The molecule has 0 atom stereocenters. The van der Waals surface area contributed by atoms with Crippen LogP contribution >= 0.6 is 0 Å². The molecule has 0 spiro atoms. The first kappa shape index (κ1) is 14.8. The zero-order valence-electron chi connectivity index (χ0n) is 13.6. The van der Waals surface area contributed by atoms with Gasteiger partial charge in [-0.25, -0.2) is 15.0 Å². The van der Waals surface area contributed by atoms with Crippen LogP contribution in [0.5, 0.6) is 0 Å². The predicted molar refractivity (Wildman–Crippen MR) is 90.4 cm³/mol. The summed E-state index contributed by atoms with van der Waals surface area (Å²) in [5.41, 5.74) is 3.00. The Morgan fingerprint density at radius 2 is 1.86 bits per heavy atom. The lowest BCUT2D eigenvalue weighted by Crippen LogP contribution is -2.31. The van der Waals surface area contributed by atoms with Crippen molar-refractivity contribution in [1.29, 1.82) is 0 Å². The molecule has 3 heterocycles. The van der Waals surface area contributed by atoms with E-state index in [0.717, 1.165) is 41.8 Å². The quantitative estimate of drug-likeness (QED) is 0.871. The molecule has 116 valence electrons. The second-order valence-corrected chi connectivity index (χ2v) is 6.01. The molecule has 5 heteroatoms. The largest absolute Gasteiger partial charge is 0.362 e. The molecule has 0 saturated carbocycles. The van der Waals surface area contributed by atoms with Crippen molar-refractivity contribution in [2.45, 2.75) is 26.2 Å². The van der Waals surface area contributed by atoms with Gasteiger partial charge in [0.1, 0.15) is 5.82 Å². The van der Waals surface area contributed by atoms with Crippen LogP contribution in [0.1, 0.15) is 25.0 Å². The third-order valence-corrected chi connectivity index (χ3v) is 3.97. The van der Waals surface area contributed by atoms with Gasteiger partial charge < -0.3 is 9.80 Å². The minimum atomic E-state index is 0.850. The summed E-state index contributed by atoms with van der Waals surface area (Å²) in [6.07, 6.45) is 5.58. The van der Waals surface area contributed by atoms with E-state index in [9.17, 15) is 0 Å². The number of hydrogen-bond acceptors (Lipinski definition) is 5. The summed E-state index contributed by atoms with van der Waals surface area (Å²) >= 11 is 0. The highest BCUT2D eigenvalue weighted by atomic mass is 15.3. The lowest BCUT2D eigenvalue weighted by atomic mass is 10.1. The van der Waals surface area contributed by atoms with E-state index in [4.69, 9.17) is 4.98 Å². The molecule has 1 aliphatic rings. The molecular weight excluding hydrogens is 274 g/mol. The molecule has 22 heavy (non-hydrogen) atoms. The molecule has 0 aliphatic carbocycles. The van der Waals surface area contributed by atoms with Crippen LogP contribution in [-0.4, -0.2) is 42.1 Å². The van der Waals surface area contributed by atoms with Gasteiger partial charge >= 0.3 is 0 Å². The molecule has 0 unspecified atom stereocenters. The van der Waals surface area contributed by atoms with Crippen molar-refractivity contribution >= 4 is 11.8 Å². The van der Waals surface area contributed by atoms with Gasteiger partial charge in [-0.3, -0.25) is 0 Å². The molecule has 0 radical (unpaired) electrons. The van der Waals surface area contributed by atoms with Crippen molar-refractivity contribution in [1.82, 2.24) is 15.0 Å². The van der Waals surface area contributed by atoms with E-state index in [1.807, 2.05) is 44.2 Å². The predicted octanol–water partition coefficient (Wildman–Crippen LogP) is 2.90. The number of piperidine rings is 1. The fourth-order valence-electron chi connectivity index (χ4n) is 2.88. The van der Waals surface area contributed by atoms with Crippen molar-refractivity contribution in [3.8, 4) is 11.3 Å². The van der Waals surface area contributed by atoms with Crippen molar-refractivity contribution in [2.75, 3.05) is 37.0 Å². The smallest absolute Gasteiger partial charge is 0.226 e. The molecule has 2 aromatic rings. The summed E-state index contributed by atoms with van der Waals surface area (Å²) in [6.45, 7) is 4.14. The van der Waals surface area contributed by atoms with E-state index in [1.165, 1.54) is 19.3 Å². The molecule has 0 bridgehead atoms. The van der Waals surface area contributed by atoms with Crippen molar-refractivity contribution < 1.29 is 0 Å². The third-order valence-electron chi connectivity index (χ3n) is 3.97. The number of aryl methyl sites for hydroxylation is 1. The van der Waals surface area contributed by atoms with Gasteiger partial charge in [-0.15, -0.1) is 0 Å². The van der Waals surface area contributed by atoms with Crippen LogP contribution in [0.25, 0.3) is 11.3 Å². The molecule has 2 aromatic heterocycles. The normalized spacial score (nSPS) is 15.0. The zero-order chi connectivity index (χ0) is 15.5. The Morgan fingerprint density at radius 1 is 1.09 bits per heavy atom. The minimum absolute atomic E-state index is 0.850. The van der Waals surface area contributed by atoms with Gasteiger partial charge in [0.15, 0.2) is 0 Å². The van der Waals surface area contributed by atoms with Gasteiger partial charge in [0, 0.05) is 44.6 Å². The maximum absolute atomic E-state index is 4.82. The Labute approximate surface area is 132 Å². The Morgan fingerprint density at radius 3 is 2.59 bits per heavy atom. The number of hydrogen-bond donors (Lipinski definition) is 0. The number of anilines is 2. The molecular formula is C17H23N5. The van der Waals surface area contributed by atoms with Crippen LogP contribution in [0.3, 0.4) is 0 Å². The highest BCUT2D eigenvalue weighted by Gasteiger charge is 2.16. The minimum Gasteiger partial charge on any atom is -0.362 e. The summed E-state index contributed by atoms with van der Waals surface area (Å²) < 4.78 is 0. The van der Waals surface area contributed by atoms with Crippen LogP contribution in [0.15, 0.2) is 24.4 Å². The highest BCUT2D eigenvalue weighted by Crippen LogP contribution is 2.28. The van der Waals surface area contributed by atoms with Gasteiger partial charge in [0.05, 0.1) is 5.69 Å². The van der Waals surface area contributed by atoms with Gasteiger partial charge in [-0.05, 0) is 44.4 Å². The molecule has 0 aromatic carbocycles. The average Bonchev–Trinajstić information content (AvgIpc) is 2.55. The number of nitrogens with zero attached hydrogens (tertiary/aromatic N) is 5. The van der Waals surface area contributed by atoms with Crippen molar-refractivity contribution in [3.63, 3.8) is 0 Å². The van der Waals surface area contributed by atoms with Crippen LogP contribution in [0.4, 0.5) is 11.8 Å². The van der Waals surface area contributed by atoms with E-state index >= 15 is 0 Å². The van der Waals surface area contributed by atoms with Gasteiger partial charge in [-0.1, -0.05) is 0 Å². The summed E-state index contributed by atoms with van der Waals surface area (Å²) in [5, 5.41) is 0. The topological polar surface area (TPSA) is 45.2 Å². The van der Waals surface area contributed by atoms with Crippen molar-refractivity contribution in [2.24, 2.45) is 0 Å². The highest BCUT2D eigenvalue weighted by molar-refractivity contribution is 5.73. The fraction of sp³-hybridized carbons (Fsp3) is 0.471. The molecule has 0 amide bonds. The molecule has 1 fully saturated rings. The van der Waals surface area contributed by atoms with Gasteiger partial charge in [0.25, 0.3) is 0 Å². The van der Waals surface area contributed by atoms with Crippen LogP contribution in [-0.2, 0) is 0 Å². The van der Waals surface area contributed by atoms with E-state index in [2.05, 4.69) is 20.9 Å². The number of pyridine rings is 1. The maximum atomic E-state index is 4.82. The Bertz CT molecular complexity index is 647. The molecule has 0 N–H and O–H groups in total. The second kappa shape index (κ2) is 6.30. The van der Waals surface area contributed by atoms with Crippen LogP contribution in [0, 0.1) is 6.92 Å². The van der Waals surface area contributed by atoms with E-state index in [0.29, 0.717) is 0 Å². The summed E-state index contributed by atoms with van der Waals surface area (Å²) in [4.78, 5) is 18.3. The Kier molecular flexibility index (Phi) is 4.22. The lowest BCUT2D eigenvalue weighted by Gasteiger charge is -2.27. The summed E-state index contributed by atoms with van der Waals surface area (Å²) in [7, 11) is 4.01. The lowest BCUT2D eigenvalue weighted by molar-refractivity contribution is 0.568. The second-order valence-electron chi connectivity index (χ2n) is 6.01. The number of rotatable bonds is 3. The monoisotopic (exact) mass is 297 g/mol. The van der Waals surface area contributed by atoms with Crippen LogP contribution < -0.4 is 9.80 Å². The van der Waals surface area contributed by atoms with E-state index in [-0.39, 0.29) is 0 Å². The first-order valence-corrected chi connectivity index (χ1v) is 7.88. The van der Waals surface area contributed by atoms with Gasteiger partial charge in [0.2, 0.25) is 5.95 Å². The Hall–Kier alpha value is -2.17. The number of aromatic nitrogens is 3. The average molecular weight is 297 g/mol. The molecule has 3 rings (SSSR count). The van der Waals surface area contributed by atoms with E-state index < -0.39 is 0 Å². The standard InChI is InChI=1S/C17H23N5/c1-13-12-15(14-8-7-9-18-16(14)21(2)3)20-17(19-13)22-10-5-4-6-11-22/h7-9,12H,4-6,10-11H2,1-3H3. The maximum Gasteiger partial charge on any atom is 0.226 e. The third kappa shape index (κ3) is 3.03. The summed E-state index contributed by atoms with van der Waals surface area (Å²) in [5.74, 6) is 1.79. The summed E-state index contributed by atoms with van der Waals surface area (Å²) in [6, 6.07) is 6.07. The van der Waals surface area contributed by atoms with Gasteiger partial charge in [-0.2, -0.15) is 0 Å². The molecule has 1 aliphatic heterocycles. The molecule has 5 nitrogen and oxygen atoms in total. The molecule has 1 saturated heterocycles. The first-order valence-electron chi connectivity index (χ1n) is 7.88. The van der Waals surface area contributed by atoms with Crippen LogP contribution in [0.2, 0.25) is 0 Å². The van der Waals surface area contributed by atoms with Crippen molar-refractivity contribution in [3.05, 3.63) is 30.1 Å². The Balaban J connectivity index is 2.02. The fourth-order valence-corrected chi connectivity index (χ4v) is 2.88.